The Morgan fingerprint density at radius 2 is 1.61 bits per heavy atom. The van der Waals surface area contributed by atoms with Crippen molar-refractivity contribution in [3.8, 4) is 11.5 Å². The summed E-state index contributed by atoms with van der Waals surface area (Å²) in [6, 6.07) is 5.10. The van der Waals surface area contributed by atoms with Crippen LogP contribution in [0.15, 0.2) is 18.2 Å². The molecule has 0 atom stereocenters. The number of methoxy groups -OCH3 is 2. The molecular weight excluding hydrogens is 232 g/mol. The highest BCUT2D eigenvalue weighted by atomic mass is 16.5. The van der Waals surface area contributed by atoms with Crippen molar-refractivity contribution in [3.63, 3.8) is 0 Å². The molecule has 1 rings (SSSR count). The molecule has 0 aromatic heterocycles. The average Bonchev–Trinajstić information content (AvgIpc) is 2.37. The van der Waals surface area contributed by atoms with E-state index in [9.17, 15) is 4.79 Å². The molecule has 0 bridgehead atoms. The van der Waals surface area contributed by atoms with Gasteiger partial charge >= 0.3 is 0 Å². The Morgan fingerprint density at radius 1 is 1.11 bits per heavy atom. The summed E-state index contributed by atoms with van der Waals surface area (Å²) in [4.78, 5) is 12.4. The lowest BCUT2D eigenvalue weighted by molar-refractivity contribution is 0.00123. The number of ether oxygens (including phenoxy) is 3. The van der Waals surface area contributed by atoms with Crippen LogP contribution in [0.5, 0.6) is 11.5 Å². The van der Waals surface area contributed by atoms with Crippen molar-refractivity contribution >= 4 is 5.78 Å². The van der Waals surface area contributed by atoms with Crippen molar-refractivity contribution < 1.29 is 19.0 Å². The maximum atomic E-state index is 12.4. The highest BCUT2D eigenvalue weighted by Crippen LogP contribution is 2.26. The minimum atomic E-state index is -0.855. The highest BCUT2D eigenvalue weighted by molar-refractivity contribution is 6.02. The van der Waals surface area contributed by atoms with Gasteiger partial charge in [-0.3, -0.25) is 4.79 Å². The molecule has 1 aromatic carbocycles. The zero-order chi connectivity index (χ0) is 13.8. The number of carbonyl (C=O) groups is 1. The van der Waals surface area contributed by atoms with Crippen LogP contribution in [0.4, 0.5) is 0 Å². The van der Waals surface area contributed by atoms with E-state index in [1.54, 1.807) is 46.3 Å². The minimum Gasteiger partial charge on any atom is -0.497 e. The zero-order valence-corrected chi connectivity index (χ0v) is 11.6. The van der Waals surface area contributed by atoms with Crippen LogP contribution >= 0.6 is 0 Å². The Kier molecular flexibility index (Phi) is 4.73. The smallest absolute Gasteiger partial charge is 0.194 e. The fourth-order valence-electron chi connectivity index (χ4n) is 1.71. The molecule has 0 radical (unpaired) electrons. The van der Waals surface area contributed by atoms with Crippen molar-refractivity contribution in [2.75, 3.05) is 20.8 Å². The van der Waals surface area contributed by atoms with Crippen LogP contribution in [-0.4, -0.2) is 32.2 Å². The van der Waals surface area contributed by atoms with Crippen LogP contribution in [0.3, 0.4) is 0 Å². The molecule has 0 N–H and O–H groups in total. The van der Waals surface area contributed by atoms with Gasteiger partial charge in [0.2, 0.25) is 0 Å². The van der Waals surface area contributed by atoms with Crippen LogP contribution in [0.1, 0.15) is 31.1 Å². The van der Waals surface area contributed by atoms with E-state index < -0.39 is 5.60 Å². The Morgan fingerprint density at radius 3 is 2.00 bits per heavy atom. The summed E-state index contributed by atoms with van der Waals surface area (Å²) in [6.45, 7) is 5.86. The van der Waals surface area contributed by atoms with Gasteiger partial charge in [-0.05, 0) is 32.9 Å². The highest BCUT2D eigenvalue weighted by Gasteiger charge is 2.29. The van der Waals surface area contributed by atoms with Gasteiger partial charge in [0.15, 0.2) is 5.78 Å². The van der Waals surface area contributed by atoms with Gasteiger partial charge < -0.3 is 14.2 Å². The minimum absolute atomic E-state index is 0.0958. The Bertz CT molecular complexity index is 402. The van der Waals surface area contributed by atoms with E-state index in [0.717, 1.165) is 0 Å². The molecular formula is C14H20O4. The summed E-state index contributed by atoms with van der Waals surface area (Å²) in [6.07, 6.45) is 0. The van der Waals surface area contributed by atoms with Crippen LogP contribution < -0.4 is 9.47 Å². The predicted molar refractivity (Wildman–Crippen MR) is 69.6 cm³/mol. The first kappa shape index (κ1) is 14.5. The van der Waals surface area contributed by atoms with Gasteiger partial charge in [0, 0.05) is 18.2 Å². The van der Waals surface area contributed by atoms with E-state index in [-0.39, 0.29) is 5.78 Å². The maximum absolute atomic E-state index is 12.4. The molecule has 4 heteroatoms. The normalized spacial score (nSPS) is 11.2. The van der Waals surface area contributed by atoms with Crippen LogP contribution in [-0.2, 0) is 4.74 Å². The standard InChI is InChI=1S/C14H20O4/c1-6-18-14(2,3)13(15)10-7-11(16-4)9-12(8-10)17-5/h7-9H,6H2,1-5H3. The number of benzene rings is 1. The summed E-state index contributed by atoms with van der Waals surface area (Å²) in [5.41, 5.74) is -0.337. The maximum Gasteiger partial charge on any atom is 0.194 e. The third-order valence-electron chi connectivity index (χ3n) is 2.67. The van der Waals surface area contributed by atoms with Crippen molar-refractivity contribution in [2.24, 2.45) is 0 Å². The first-order valence-electron chi connectivity index (χ1n) is 5.86. The van der Waals surface area contributed by atoms with E-state index in [1.807, 2.05) is 6.92 Å². The lowest BCUT2D eigenvalue weighted by atomic mass is 9.96. The molecule has 4 nitrogen and oxygen atoms in total. The molecule has 0 heterocycles. The van der Waals surface area contributed by atoms with Gasteiger partial charge in [-0.15, -0.1) is 0 Å². The van der Waals surface area contributed by atoms with E-state index in [4.69, 9.17) is 14.2 Å². The van der Waals surface area contributed by atoms with E-state index in [0.29, 0.717) is 23.7 Å². The van der Waals surface area contributed by atoms with Crippen molar-refractivity contribution in [2.45, 2.75) is 26.4 Å². The molecule has 0 amide bonds. The number of hydrogen-bond acceptors (Lipinski definition) is 4. The summed E-state index contributed by atoms with van der Waals surface area (Å²) in [7, 11) is 3.10. The lowest BCUT2D eigenvalue weighted by Gasteiger charge is -2.23. The van der Waals surface area contributed by atoms with Gasteiger partial charge in [0.25, 0.3) is 0 Å². The summed E-state index contributed by atoms with van der Waals surface area (Å²) >= 11 is 0. The van der Waals surface area contributed by atoms with Gasteiger partial charge in [0.1, 0.15) is 17.1 Å². The number of ketones is 1. The monoisotopic (exact) mass is 252 g/mol. The van der Waals surface area contributed by atoms with E-state index in [2.05, 4.69) is 0 Å². The molecule has 1 aromatic rings. The quantitative estimate of drug-likeness (QED) is 0.730. The van der Waals surface area contributed by atoms with Gasteiger partial charge in [-0.2, -0.15) is 0 Å². The second-order valence-electron chi connectivity index (χ2n) is 4.37. The Balaban J connectivity index is 3.12. The molecule has 0 saturated heterocycles. The Labute approximate surface area is 108 Å². The number of hydrogen-bond donors (Lipinski definition) is 0. The van der Waals surface area contributed by atoms with Gasteiger partial charge in [0.05, 0.1) is 14.2 Å². The second kappa shape index (κ2) is 5.87. The lowest BCUT2D eigenvalue weighted by Crippen LogP contribution is -2.35. The molecule has 0 aliphatic heterocycles. The van der Waals surface area contributed by atoms with E-state index in [1.165, 1.54) is 0 Å². The first-order valence-corrected chi connectivity index (χ1v) is 5.86. The topological polar surface area (TPSA) is 44.8 Å². The summed E-state index contributed by atoms with van der Waals surface area (Å²) in [5.74, 6) is 1.08. The zero-order valence-electron chi connectivity index (χ0n) is 11.6. The number of rotatable bonds is 6. The SMILES string of the molecule is CCOC(C)(C)C(=O)c1cc(OC)cc(OC)c1. The molecule has 0 spiro atoms. The Hall–Kier alpha value is -1.55. The van der Waals surface area contributed by atoms with E-state index >= 15 is 0 Å². The fourth-order valence-corrected chi connectivity index (χ4v) is 1.71. The molecule has 0 aliphatic carbocycles. The summed E-state index contributed by atoms with van der Waals surface area (Å²) < 4.78 is 15.8. The summed E-state index contributed by atoms with van der Waals surface area (Å²) in [5, 5.41) is 0. The third-order valence-corrected chi connectivity index (χ3v) is 2.67. The first-order chi connectivity index (χ1) is 8.44. The number of carbonyl (C=O) groups excluding carboxylic acids is 1. The van der Waals surface area contributed by atoms with Crippen LogP contribution in [0.2, 0.25) is 0 Å². The van der Waals surface area contributed by atoms with Crippen molar-refractivity contribution in [1.82, 2.24) is 0 Å². The third kappa shape index (κ3) is 3.23. The molecule has 100 valence electrons. The molecule has 0 saturated carbocycles. The van der Waals surface area contributed by atoms with Crippen molar-refractivity contribution in [3.05, 3.63) is 23.8 Å². The number of Topliss-reactive ketones (excluding diaryl/α,β-unsaturated/α-hetero) is 1. The van der Waals surface area contributed by atoms with Gasteiger partial charge in [-0.25, -0.2) is 0 Å². The van der Waals surface area contributed by atoms with Crippen LogP contribution in [0.25, 0.3) is 0 Å². The fraction of sp³-hybridized carbons (Fsp3) is 0.500. The van der Waals surface area contributed by atoms with Gasteiger partial charge in [-0.1, -0.05) is 0 Å². The predicted octanol–water partition coefficient (Wildman–Crippen LogP) is 2.70. The van der Waals surface area contributed by atoms with Crippen molar-refractivity contribution in [1.29, 1.82) is 0 Å². The molecule has 0 unspecified atom stereocenters. The molecule has 0 aliphatic rings. The largest absolute Gasteiger partial charge is 0.497 e. The molecule has 0 fully saturated rings. The van der Waals surface area contributed by atoms with Crippen LogP contribution in [0, 0.1) is 0 Å². The molecule has 18 heavy (non-hydrogen) atoms. The second-order valence-corrected chi connectivity index (χ2v) is 4.37. The average molecular weight is 252 g/mol.